The molecule has 0 fully saturated rings. The predicted octanol–water partition coefficient (Wildman–Crippen LogP) is 6.93. The van der Waals surface area contributed by atoms with Gasteiger partial charge in [-0.1, -0.05) is 29.3 Å². The number of carbonyl (C=O) groups is 1. The van der Waals surface area contributed by atoms with Gasteiger partial charge in [0.05, 0.1) is 21.2 Å². The number of anilines is 2. The van der Waals surface area contributed by atoms with Crippen molar-refractivity contribution in [3.8, 4) is 0 Å². The zero-order valence-corrected chi connectivity index (χ0v) is 18.7. The van der Waals surface area contributed by atoms with Crippen LogP contribution in [-0.2, 0) is 0 Å². The highest BCUT2D eigenvalue weighted by Crippen LogP contribution is 2.47. The fraction of sp³-hybridized carbons (Fsp3) is 0.222. The van der Waals surface area contributed by atoms with E-state index in [0.717, 1.165) is 9.56 Å². The number of rotatable bonds is 3. The number of alkyl halides is 3. The van der Waals surface area contributed by atoms with Crippen molar-refractivity contribution in [2.45, 2.75) is 24.7 Å². The summed E-state index contributed by atoms with van der Waals surface area (Å²) >= 11 is 16.5. The highest BCUT2D eigenvalue weighted by molar-refractivity contribution is 9.10. The Hall–Kier alpha value is -1.75. The standard InChI is InChI=1S/C18H12BrCl2F3N4OS/c19-14-15(17(29)26-10-4-3-8(20)6-9(10)21)27-28-13(18(22,23)24)7-11(25-16(14)28)12-2-1-5-30-12/h1-6,11,13,25H,7H2,(H,26,29)/t11-,13-/m1/s1. The molecule has 0 unspecified atom stereocenters. The SMILES string of the molecule is O=C(Nc1ccc(Cl)cc1Cl)c1nn2c(c1Br)N[C@@H](c1cccs1)C[C@@H]2C(F)(F)F. The maximum atomic E-state index is 13.8. The zero-order valence-electron chi connectivity index (χ0n) is 14.8. The van der Waals surface area contributed by atoms with Crippen LogP contribution in [-0.4, -0.2) is 21.9 Å². The average Bonchev–Trinajstić information content (AvgIpc) is 3.31. The number of thiophene rings is 1. The summed E-state index contributed by atoms with van der Waals surface area (Å²) in [5.41, 5.74) is 0.0744. The fourth-order valence-electron chi connectivity index (χ4n) is 3.18. The lowest BCUT2D eigenvalue weighted by atomic mass is 10.0. The lowest BCUT2D eigenvalue weighted by Gasteiger charge is -2.33. The van der Waals surface area contributed by atoms with Crippen molar-refractivity contribution >= 4 is 67.9 Å². The van der Waals surface area contributed by atoms with Crippen LogP contribution in [0.5, 0.6) is 0 Å². The number of fused-ring (bicyclic) bond motifs is 1. The van der Waals surface area contributed by atoms with E-state index in [9.17, 15) is 18.0 Å². The van der Waals surface area contributed by atoms with Crippen LogP contribution in [0.25, 0.3) is 0 Å². The summed E-state index contributed by atoms with van der Waals surface area (Å²) in [5, 5.41) is 12.0. The molecule has 1 aromatic carbocycles. The van der Waals surface area contributed by atoms with Crippen LogP contribution in [0.15, 0.2) is 40.2 Å². The van der Waals surface area contributed by atoms with Crippen molar-refractivity contribution < 1.29 is 18.0 Å². The van der Waals surface area contributed by atoms with Gasteiger partial charge in [0.2, 0.25) is 0 Å². The minimum absolute atomic E-state index is 0.0920. The largest absolute Gasteiger partial charge is 0.410 e. The Bertz CT molecular complexity index is 1100. The molecule has 0 bridgehead atoms. The number of benzene rings is 1. The van der Waals surface area contributed by atoms with E-state index in [1.54, 1.807) is 17.5 Å². The van der Waals surface area contributed by atoms with Crippen LogP contribution in [0.2, 0.25) is 10.0 Å². The van der Waals surface area contributed by atoms with Gasteiger partial charge >= 0.3 is 6.18 Å². The summed E-state index contributed by atoms with van der Waals surface area (Å²) in [6, 6.07) is 5.58. The van der Waals surface area contributed by atoms with Gasteiger partial charge < -0.3 is 10.6 Å². The number of aromatic nitrogens is 2. The Morgan fingerprint density at radius 3 is 2.73 bits per heavy atom. The second-order valence-electron chi connectivity index (χ2n) is 6.54. The Labute approximate surface area is 191 Å². The van der Waals surface area contributed by atoms with Crippen molar-refractivity contribution in [3.63, 3.8) is 0 Å². The molecule has 1 aliphatic heterocycles. The minimum atomic E-state index is -4.54. The molecule has 0 spiro atoms. The first kappa shape index (κ1) is 21.5. The maximum absolute atomic E-state index is 13.8. The van der Waals surface area contributed by atoms with E-state index in [2.05, 4.69) is 31.7 Å². The van der Waals surface area contributed by atoms with Gasteiger partial charge in [0.25, 0.3) is 5.91 Å². The molecule has 3 aromatic rings. The first-order valence-corrected chi connectivity index (χ1v) is 11.0. The first-order valence-electron chi connectivity index (χ1n) is 8.56. The van der Waals surface area contributed by atoms with E-state index < -0.39 is 24.2 Å². The van der Waals surface area contributed by atoms with Crippen LogP contribution in [0, 0.1) is 0 Å². The number of hydrogen-bond acceptors (Lipinski definition) is 4. The van der Waals surface area contributed by atoms with Gasteiger partial charge in [-0.15, -0.1) is 11.3 Å². The molecular weight excluding hydrogens is 528 g/mol. The van der Waals surface area contributed by atoms with E-state index in [-0.39, 0.29) is 33.1 Å². The Morgan fingerprint density at radius 2 is 2.10 bits per heavy atom. The van der Waals surface area contributed by atoms with E-state index in [0.29, 0.717) is 5.02 Å². The van der Waals surface area contributed by atoms with E-state index in [1.165, 1.54) is 29.5 Å². The molecule has 2 atom stereocenters. The van der Waals surface area contributed by atoms with Gasteiger partial charge in [0, 0.05) is 16.3 Å². The highest BCUT2D eigenvalue weighted by Gasteiger charge is 2.48. The van der Waals surface area contributed by atoms with Gasteiger partial charge in [0.15, 0.2) is 11.7 Å². The summed E-state index contributed by atoms with van der Waals surface area (Å²) in [6.07, 6.45) is -4.78. The molecule has 2 aromatic heterocycles. The van der Waals surface area contributed by atoms with Gasteiger partial charge in [-0.3, -0.25) is 4.79 Å². The van der Waals surface area contributed by atoms with E-state index in [1.807, 2.05) is 0 Å². The van der Waals surface area contributed by atoms with Crippen molar-refractivity contribution in [3.05, 3.63) is 60.8 Å². The number of nitrogens with zero attached hydrogens (tertiary/aromatic N) is 2. The van der Waals surface area contributed by atoms with Crippen LogP contribution in [0.4, 0.5) is 24.7 Å². The summed E-state index contributed by atoms with van der Waals surface area (Å²) in [7, 11) is 0. The van der Waals surface area contributed by atoms with Gasteiger partial charge in [-0.25, -0.2) is 4.68 Å². The van der Waals surface area contributed by atoms with Crippen LogP contribution in [0.1, 0.15) is 33.9 Å². The highest BCUT2D eigenvalue weighted by atomic mass is 79.9. The maximum Gasteiger partial charge on any atom is 0.410 e. The average molecular weight is 540 g/mol. The van der Waals surface area contributed by atoms with Crippen molar-refractivity contribution in [1.82, 2.24) is 9.78 Å². The number of carbonyl (C=O) groups excluding carboxylic acids is 1. The summed E-state index contributed by atoms with van der Waals surface area (Å²) in [5.74, 6) is -0.613. The molecule has 0 radical (unpaired) electrons. The third kappa shape index (κ3) is 4.05. The molecule has 0 saturated carbocycles. The third-order valence-electron chi connectivity index (χ3n) is 4.58. The predicted molar refractivity (Wildman–Crippen MR) is 115 cm³/mol. The van der Waals surface area contributed by atoms with E-state index in [4.69, 9.17) is 23.2 Å². The number of nitrogens with one attached hydrogen (secondary N) is 2. The molecule has 30 heavy (non-hydrogen) atoms. The van der Waals surface area contributed by atoms with Crippen molar-refractivity contribution in [2.75, 3.05) is 10.6 Å². The quantitative estimate of drug-likeness (QED) is 0.379. The number of halogens is 6. The minimum Gasteiger partial charge on any atom is -0.362 e. The lowest BCUT2D eigenvalue weighted by Crippen LogP contribution is -2.35. The van der Waals surface area contributed by atoms with Gasteiger partial charge in [0.1, 0.15) is 5.82 Å². The monoisotopic (exact) mass is 538 g/mol. The molecular formula is C18H12BrCl2F3N4OS. The Kier molecular flexibility index (Phi) is 5.78. The van der Waals surface area contributed by atoms with Crippen LogP contribution >= 0.6 is 50.5 Å². The molecule has 0 saturated heterocycles. The molecule has 3 heterocycles. The molecule has 12 heteroatoms. The molecule has 2 N–H and O–H groups in total. The molecule has 1 aliphatic rings. The molecule has 4 rings (SSSR count). The third-order valence-corrected chi connectivity index (χ3v) is 6.86. The molecule has 0 aliphatic carbocycles. The van der Waals surface area contributed by atoms with Gasteiger partial charge in [-0.2, -0.15) is 18.3 Å². The number of amides is 1. The summed E-state index contributed by atoms with van der Waals surface area (Å²) < 4.78 is 42.3. The molecule has 1 amide bonds. The first-order chi connectivity index (χ1) is 14.1. The smallest absolute Gasteiger partial charge is 0.362 e. The Morgan fingerprint density at radius 1 is 1.33 bits per heavy atom. The second kappa shape index (κ2) is 8.07. The molecule has 5 nitrogen and oxygen atoms in total. The van der Waals surface area contributed by atoms with Crippen LogP contribution < -0.4 is 10.6 Å². The second-order valence-corrected chi connectivity index (χ2v) is 9.16. The van der Waals surface area contributed by atoms with E-state index >= 15 is 0 Å². The topological polar surface area (TPSA) is 59.0 Å². The lowest BCUT2D eigenvalue weighted by molar-refractivity contribution is -0.173. The number of hydrogen-bond donors (Lipinski definition) is 2. The molecule has 158 valence electrons. The van der Waals surface area contributed by atoms with Crippen molar-refractivity contribution in [2.24, 2.45) is 0 Å². The van der Waals surface area contributed by atoms with Crippen LogP contribution in [0.3, 0.4) is 0 Å². The summed E-state index contributed by atoms with van der Waals surface area (Å²) in [4.78, 5) is 13.5. The fourth-order valence-corrected chi connectivity index (χ4v) is 4.99. The Balaban J connectivity index is 1.70. The summed E-state index contributed by atoms with van der Waals surface area (Å²) in [6.45, 7) is 0. The van der Waals surface area contributed by atoms with Crippen molar-refractivity contribution in [1.29, 1.82) is 0 Å². The zero-order chi connectivity index (χ0) is 21.6. The van der Waals surface area contributed by atoms with Gasteiger partial charge in [-0.05, 0) is 45.6 Å². The normalized spacial score (nSPS) is 18.6.